The van der Waals surface area contributed by atoms with Gasteiger partial charge < -0.3 is 15.5 Å². The van der Waals surface area contributed by atoms with Crippen LogP contribution in [0.2, 0.25) is 0 Å². The predicted octanol–water partition coefficient (Wildman–Crippen LogP) is 4.27. The van der Waals surface area contributed by atoms with Crippen molar-refractivity contribution in [1.29, 1.82) is 0 Å². The smallest absolute Gasteiger partial charge is 0.319 e. The number of urea groups is 1. The van der Waals surface area contributed by atoms with E-state index in [1.54, 1.807) is 17.9 Å². The number of amides is 3. The molecule has 7 heteroatoms. The van der Waals surface area contributed by atoms with Crippen LogP contribution < -0.4 is 10.6 Å². The summed E-state index contributed by atoms with van der Waals surface area (Å²) in [7, 11) is 0. The van der Waals surface area contributed by atoms with Crippen LogP contribution in [0.5, 0.6) is 0 Å². The highest BCUT2D eigenvalue weighted by Gasteiger charge is 2.30. The van der Waals surface area contributed by atoms with Gasteiger partial charge in [0.15, 0.2) is 0 Å². The van der Waals surface area contributed by atoms with Crippen LogP contribution in [0.1, 0.15) is 24.1 Å². The zero-order valence-electron chi connectivity index (χ0n) is 19.2. The standard InChI is InChI=1S/C27H29FN4O2/c1-20(29-27(34)30-24-14-8-13-23(28)19-24)26(33)32-17-15-31(16-18-32)25(21-9-4-2-5-10-21)22-11-6-3-7-12-22/h2-14,19-20,25H,15-18H2,1H3,(H2,29,30,34). The Morgan fingerprint density at radius 1 is 0.824 bits per heavy atom. The number of nitrogens with zero attached hydrogens (tertiary/aromatic N) is 2. The molecule has 4 rings (SSSR count). The van der Waals surface area contributed by atoms with Gasteiger partial charge in [0.25, 0.3) is 0 Å². The van der Waals surface area contributed by atoms with Gasteiger partial charge in [0.05, 0.1) is 6.04 Å². The summed E-state index contributed by atoms with van der Waals surface area (Å²) < 4.78 is 13.3. The molecule has 1 unspecified atom stereocenters. The maximum Gasteiger partial charge on any atom is 0.319 e. The number of carbonyl (C=O) groups excluding carboxylic acids is 2. The minimum atomic E-state index is -0.695. The lowest BCUT2D eigenvalue weighted by Gasteiger charge is -2.40. The third-order valence-corrected chi connectivity index (χ3v) is 6.02. The van der Waals surface area contributed by atoms with Gasteiger partial charge >= 0.3 is 6.03 Å². The molecular weight excluding hydrogens is 431 g/mol. The lowest BCUT2D eigenvalue weighted by molar-refractivity contribution is -0.134. The van der Waals surface area contributed by atoms with E-state index in [0.717, 1.165) is 13.1 Å². The number of rotatable bonds is 6. The van der Waals surface area contributed by atoms with Crippen LogP contribution >= 0.6 is 0 Å². The first-order valence-electron chi connectivity index (χ1n) is 11.5. The van der Waals surface area contributed by atoms with Gasteiger partial charge in [-0.3, -0.25) is 9.69 Å². The molecule has 1 fully saturated rings. The fourth-order valence-corrected chi connectivity index (χ4v) is 4.35. The Kier molecular flexibility index (Phi) is 7.54. The number of halogens is 1. The van der Waals surface area contributed by atoms with E-state index in [4.69, 9.17) is 0 Å². The molecule has 6 nitrogen and oxygen atoms in total. The average molecular weight is 461 g/mol. The topological polar surface area (TPSA) is 64.7 Å². The number of nitrogens with one attached hydrogen (secondary N) is 2. The second kappa shape index (κ2) is 10.9. The van der Waals surface area contributed by atoms with Crippen molar-refractivity contribution in [2.24, 2.45) is 0 Å². The number of carbonyl (C=O) groups is 2. The molecule has 1 aliphatic heterocycles. The molecule has 0 aliphatic carbocycles. The van der Waals surface area contributed by atoms with E-state index in [9.17, 15) is 14.0 Å². The van der Waals surface area contributed by atoms with Crippen LogP contribution in [0.4, 0.5) is 14.9 Å². The highest BCUT2D eigenvalue weighted by molar-refractivity contribution is 5.93. The highest BCUT2D eigenvalue weighted by Crippen LogP contribution is 2.29. The lowest BCUT2D eigenvalue weighted by atomic mass is 9.96. The second-order valence-electron chi connectivity index (χ2n) is 8.42. The van der Waals surface area contributed by atoms with E-state index in [-0.39, 0.29) is 11.9 Å². The fourth-order valence-electron chi connectivity index (χ4n) is 4.35. The molecule has 0 saturated carbocycles. The zero-order chi connectivity index (χ0) is 23.9. The van der Waals surface area contributed by atoms with Crippen LogP contribution in [0.15, 0.2) is 84.9 Å². The van der Waals surface area contributed by atoms with E-state index in [1.165, 1.54) is 29.3 Å². The summed E-state index contributed by atoms with van der Waals surface area (Å²) in [5.74, 6) is -0.575. The normalized spacial score (nSPS) is 15.1. The van der Waals surface area contributed by atoms with E-state index >= 15 is 0 Å². The van der Waals surface area contributed by atoms with Crippen molar-refractivity contribution in [3.8, 4) is 0 Å². The van der Waals surface area contributed by atoms with Gasteiger partial charge in [0, 0.05) is 31.9 Å². The first-order chi connectivity index (χ1) is 16.5. The summed E-state index contributed by atoms with van der Waals surface area (Å²) in [6.07, 6.45) is 0. The minimum absolute atomic E-state index is 0.118. The van der Waals surface area contributed by atoms with Gasteiger partial charge in [-0.05, 0) is 36.2 Å². The number of hydrogen-bond acceptors (Lipinski definition) is 3. The minimum Gasteiger partial charge on any atom is -0.338 e. The first-order valence-corrected chi connectivity index (χ1v) is 11.5. The Morgan fingerprint density at radius 3 is 1.97 bits per heavy atom. The number of anilines is 1. The predicted molar refractivity (Wildman–Crippen MR) is 131 cm³/mol. The average Bonchev–Trinajstić information content (AvgIpc) is 2.85. The molecule has 3 aromatic rings. The summed E-state index contributed by atoms with van der Waals surface area (Å²) in [5, 5.41) is 5.21. The Bertz CT molecular complexity index is 1060. The summed E-state index contributed by atoms with van der Waals surface area (Å²) in [4.78, 5) is 29.4. The Morgan fingerprint density at radius 2 is 1.41 bits per heavy atom. The molecule has 0 spiro atoms. The largest absolute Gasteiger partial charge is 0.338 e. The molecular formula is C27H29FN4O2. The SMILES string of the molecule is CC(NC(=O)Nc1cccc(F)c1)C(=O)N1CCN(C(c2ccccc2)c2ccccc2)CC1. The summed E-state index contributed by atoms with van der Waals surface area (Å²) in [6, 6.07) is 25.3. The monoisotopic (exact) mass is 460 g/mol. The van der Waals surface area contributed by atoms with Gasteiger partial charge in [0.1, 0.15) is 11.9 Å². The van der Waals surface area contributed by atoms with Crippen molar-refractivity contribution in [3.05, 3.63) is 102 Å². The third-order valence-electron chi connectivity index (χ3n) is 6.02. The quantitative estimate of drug-likeness (QED) is 0.578. The highest BCUT2D eigenvalue weighted by atomic mass is 19.1. The molecule has 176 valence electrons. The fraction of sp³-hybridized carbons (Fsp3) is 0.259. The van der Waals surface area contributed by atoms with Crippen LogP contribution in [0, 0.1) is 5.82 Å². The van der Waals surface area contributed by atoms with Crippen molar-refractivity contribution in [1.82, 2.24) is 15.1 Å². The molecule has 3 aromatic carbocycles. The van der Waals surface area contributed by atoms with Crippen LogP contribution in [-0.2, 0) is 4.79 Å². The molecule has 1 heterocycles. The van der Waals surface area contributed by atoms with Crippen LogP contribution in [0.3, 0.4) is 0 Å². The molecule has 0 aromatic heterocycles. The molecule has 1 saturated heterocycles. The summed E-state index contributed by atoms with van der Waals surface area (Å²) in [5.41, 5.74) is 2.77. The van der Waals surface area contributed by atoms with Gasteiger partial charge in [0.2, 0.25) is 5.91 Å². The van der Waals surface area contributed by atoms with Gasteiger partial charge in [-0.2, -0.15) is 0 Å². The van der Waals surface area contributed by atoms with Crippen molar-refractivity contribution in [2.75, 3.05) is 31.5 Å². The van der Waals surface area contributed by atoms with Crippen molar-refractivity contribution in [2.45, 2.75) is 19.0 Å². The lowest BCUT2D eigenvalue weighted by Crippen LogP contribution is -2.55. The molecule has 34 heavy (non-hydrogen) atoms. The molecule has 0 bridgehead atoms. The van der Waals surface area contributed by atoms with E-state index < -0.39 is 17.9 Å². The molecule has 0 radical (unpaired) electrons. The maximum absolute atomic E-state index is 13.3. The van der Waals surface area contributed by atoms with Crippen LogP contribution in [-0.4, -0.2) is 54.0 Å². The van der Waals surface area contributed by atoms with E-state index in [1.807, 2.05) is 36.4 Å². The Balaban J connectivity index is 1.35. The number of benzene rings is 3. The van der Waals surface area contributed by atoms with E-state index in [2.05, 4.69) is 39.8 Å². The molecule has 3 amide bonds. The summed E-state index contributed by atoms with van der Waals surface area (Å²) >= 11 is 0. The first kappa shape index (κ1) is 23.4. The molecule has 2 N–H and O–H groups in total. The third kappa shape index (κ3) is 5.80. The molecule has 1 aliphatic rings. The van der Waals surface area contributed by atoms with E-state index in [0.29, 0.717) is 18.8 Å². The Hall–Kier alpha value is -3.71. The second-order valence-corrected chi connectivity index (χ2v) is 8.42. The van der Waals surface area contributed by atoms with Crippen molar-refractivity contribution >= 4 is 17.6 Å². The number of piperazine rings is 1. The van der Waals surface area contributed by atoms with Crippen LogP contribution in [0.25, 0.3) is 0 Å². The van der Waals surface area contributed by atoms with Gasteiger partial charge in [-0.15, -0.1) is 0 Å². The van der Waals surface area contributed by atoms with Crippen molar-refractivity contribution in [3.63, 3.8) is 0 Å². The van der Waals surface area contributed by atoms with Gasteiger partial charge in [-0.25, -0.2) is 9.18 Å². The Labute approximate surface area is 199 Å². The number of hydrogen-bond donors (Lipinski definition) is 2. The molecule has 1 atom stereocenters. The maximum atomic E-state index is 13.3. The van der Waals surface area contributed by atoms with Gasteiger partial charge in [-0.1, -0.05) is 66.7 Å². The zero-order valence-corrected chi connectivity index (χ0v) is 19.2. The summed E-state index contributed by atoms with van der Waals surface area (Å²) in [6.45, 7) is 4.26. The van der Waals surface area contributed by atoms with Crippen molar-refractivity contribution < 1.29 is 14.0 Å².